The van der Waals surface area contributed by atoms with E-state index < -0.39 is 8.07 Å². The monoisotopic (exact) mass is 467 g/mol. The summed E-state index contributed by atoms with van der Waals surface area (Å²) in [6.07, 6.45) is 0. The van der Waals surface area contributed by atoms with Crippen LogP contribution < -0.4 is 0 Å². The van der Waals surface area contributed by atoms with Crippen LogP contribution in [-0.2, 0) is 4.74 Å². The first-order chi connectivity index (χ1) is 7.63. The van der Waals surface area contributed by atoms with Crippen molar-refractivity contribution in [1.29, 1.82) is 0 Å². The molecule has 0 spiro atoms. The molecule has 0 atom stereocenters. The van der Waals surface area contributed by atoms with E-state index in [2.05, 4.69) is 72.3 Å². The highest BCUT2D eigenvalue weighted by molar-refractivity contribution is 9.25. The lowest BCUT2D eigenvalue weighted by Crippen LogP contribution is -2.29. The first-order valence-corrected chi connectivity index (χ1v) is 11.9. The highest BCUT2D eigenvalue weighted by Gasteiger charge is 2.39. The molecular weight excluding hydrogens is 453 g/mol. The molecule has 0 radical (unpaired) electrons. The normalized spacial score (nSPS) is 20.3. The number of rotatable bonds is 5. The zero-order valence-electron chi connectivity index (χ0n) is 10.2. The third kappa shape index (κ3) is 5.14. The molecule has 17 heavy (non-hydrogen) atoms. The number of nitrogens with zero attached hydrogens (tertiary/aromatic N) is 1. The van der Waals surface area contributed by atoms with Crippen LogP contribution in [0.25, 0.3) is 0 Å². The molecule has 0 unspecified atom stereocenters. The van der Waals surface area contributed by atoms with Crippen LogP contribution >= 0.6 is 59.4 Å². The standard InChI is InChI=1S/C10H17Br3ClNOSi/c1-17(2,3)5-4-16-7-15-6-10(12,13)8(14)9(15)11/h4-7H2,1-3H3. The van der Waals surface area contributed by atoms with Crippen molar-refractivity contribution in [2.24, 2.45) is 0 Å². The van der Waals surface area contributed by atoms with Crippen LogP contribution in [0.5, 0.6) is 0 Å². The van der Waals surface area contributed by atoms with E-state index in [9.17, 15) is 0 Å². The van der Waals surface area contributed by atoms with Gasteiger partial charge >= 0.3 is 0 Å². The molecule has 0 aromatic heterocycles. The Morgan fingerprint density at radius 3 is 2.41 bits per heavy atom. The van der Waals surface area contributed by atoms with Crippen molar-refractivity contribution in [3.8, 4) is 0 Å². The van der Waals surface area contributed by atoms with E-state index in [1.54, 1.807) is 0 Å². The first-order valence-electron chi connectivity index (χ1n) is 5.40. The van der Waals surface area contributed by atoms with Crippen LogP contribution in [0, 0.1) is 0 Å². The second-order valence-electron chi connectivity index (χ2n) is 5.36. The number of hydrogen-bond donors (Lipinski definition) is 0. The van der Waals surface area contributed by atoms with Crippen molar-refractivity contribution in [3.63, 3.8) is 0 Å². The molecular formula is C10H17Br3ClNOSi. The quantitative estimate of drug-likeness (QED) is 0.245. The van der Waals surface area contributed by atoms with Gasteiger partial charge in [-0.2, -0.15) is 0 Å². The summed E-state index contributed by atoms with van der Waals surface area (Å²) in [4.78, 5) is 2.07. The zero-order valence-corrected chi connectivity index (χ0v) is 16.7. The summed E-state index contributed by atoms with van der Waals surface area (Å²) in [6, 6.07) is 1.18. The average molecular weight is 471 g/mol. The summed E-state index contributed by atoms with van der Waals surface area (Å²) in [5.41, 5.74) is 0. The van der Waals surface area contributed by atoms with Gasteiger partial charge in [0.2, 0.25) is 0 Å². The molecule has 0 bridgehead atoms. The van der Waals surface area contributed by atoms with Crippen LogP contribution in [0.15, 0.2) is 9.64 Å². The number of hydrogen-bond acceptors (Lipinski definition) is 2. The Hall–Kier alpha value is 1.45. The molecule has 0 saturated heterocycles. The summed E-state index contributed by atoms with van der Waals surface area (Å²) >= 11 is 16.7. The summed E-state index contributed by atoms with van der Waals surface area (Å²) in [7, 11) is -1.00. The van der Waals surface area contributed by atoms with E-state index in [-0.39, 0.29) is 3.23 Å². The Balaban J connectivity index is 2.36. The van der Waals surface area contributed by atoms with Gasteiger partial charge in [0, 0.05) is 14.7 Å². The van der Waals surface area contributed by atoms with Crippen LogP contribution in [0.3, 0.4) is 0 Å². The van der Waals surface area contributed by atoms with E-state index in [0.717, 1.165) is 22.8 Å². The molecule has 0 aromatic rings. The van der Waals surface area contributed by atoms with Gasteiger partial charge in [-0.25, -0.2) is 0 Å². The van der Waals surface area contributed by atoms with Gasteiger partial charge in [-0.3, -0.25) is 0 Å². The van der Waals surface area contributed by atoms with Gasteiger partial charge in [0.1, 0.15) is 9.96 Å². The lowest BCUT2D eigenvalue weighted by atomic mass is 10.5. The average Bonchev–Trinajstić information content (AvgIpc) is 2.36. The van der Waals surface area contributed by atoms with Gasteiger partial charge in [-0.15, -0.1) is 0 Å². The van der Waals surface area contributed by atoms with Gasteiger partial charge in [0.05, 0.1) is 16.2 Å². The fourth-order valence-electron chi connectivity index (χ4n) is 1.32. The molecule has 0 fully saturated rings. The summed E-state index contributed by atoms with van der Waals surface area (Å²) in [6.45, 7) is 9.18. The van der Waals surface area contributed by atoms with Crippen molar-refractivity contribution in [3.05, 3.63) is 9.64 Å². The van der Waals surface area contributed by atoms with E-state index >= 15 is 0 Å². The second kappa shape index (κ2) is 6.26. The molecule has 2 nitrogen and oxygen atoms in total. The maximum atomic E-state index is 6.18. The Morgan fingerprint density at radius 1 is 1.41 bits per heavy atom. The lowest BCUT2D eigenvalue weighted by Gasteiger charge is -2.22. The Kier molecular flexibility index (Phi) is 6.08. The van der Waals surface area contributed by atoms with E-state index in [4.69, 9.17) is 16.3 Å². The molecule has 7 heteroatoms. The summed E-state index contributed by atoms with van der Waals surface area (Å²) in [5.74, 6) is 0. The maximum Gasteiger partial charge on any atom is 0.136 e. The van der Waals surface area contributed by atoms with E-state index in [1.165, 1.54) is 6.04 Å². The molecule has 1 aliphatic heterocycles. The SMILES string of the molecule is C[Si](C)(C)CCOCN1CC(Br)(Br)C(Cl)=C1Br. The molecule has 100 valence electrons. The van der Waals surface area contributed by atoms with Gasteiger partial charge < -0.3 is 9.64 Å². The van der Waals surface area contributed by atoms with Crippen LogP contribution in [0.4, 0.5) is 0 Å². The van der Waals surface area contributed by atoms with Crippen LogP contribution in [0.2, 0.25) is 25.7 Å². The highest BCUT2D eigenvalue weighted by atomic mass is 79.9. The highest BCUT2D eigenvalue weighted by Crippen LogP contribution is 2.47. The summed E-state index contributed by atoms with van der Waals surface area (Å²) < 4.78 is 6.25. The fraction of sp³-hybridized carbons (Fsp3) is 0.800. The second-order valence-corrected chi connectivity index (χ2v) is 15.9. The molecule has 0 saturated carbocycles. The summed E-state index contributed by atoms with van der Waals surface area (Å²) in [5, 5.41) is 0.728. The third-order valence-electron chi connectivity index (χ3n) is 2.41. The van der Waals surface area contributed by atoms with Crippen molar-refractivity contribution < 1.29 is 4.74 Å². The molecule has 1 rings (SSSR count). The Morgan fingerprint density at radius 2 is 2.00 bits per heavy atom. The van der Waals surface area contributed by atoms with Gasteiger partial charge in [-0.1, -0.05) is 63.1 Å². The first kappa shape index (κ1) is 16.5. The van der Waals surface area contributed by atoms with Gasteiger partial charge in [0.15, 0.2) is 0 Å². The predicted octanol–water partition coefficient (Wildman–Crippen LogP) is 4.90. The molecule has 0 amide bonds. The van der Waals surface area contributed by atoms with Crippen molar-refractivity contribution in [1.82, 2.24) is 4.90 Å². The van der Waals surface area contributed by atoms with E-state index in [1.807, 2.05) is 0 Å². The molecule has 0 aromatic carbocycles. The van der Waals surface area contributed by atoms with E-state index in [0.29, 0.717) is 6.73 Å². The number of alkyl halides is 2. The van der Waals surface area contributed by atoms with Crippen LogP contribution in [0.1, 0.15) is 0 Å². The van der Waals surface area contributed by atoms with Crippen molar-refractivity contribution in [2.75, 3.05) is 19.9 Å². The topological polar surface area (TPSA) is 12.5 Å². The smallest absolute Gasteiger partial charge is 0.136 e. The fourth-order valence-corrected chi connectivity index (χ4v) is 4.34. The Bertz CT molecular complexity index is 317. The van der Waals surface area contributed by atoms with Crippen molar-refractivity contribution >= 4 is 67.5 Å². The predicted molar refractivity (Wildman–Crippen MR) is 88.1 cm³/mol. The minimum Gasteiger partial charge on any atom is -0.361 e. The lowest BCUT2D eigenvalue weighted by molar-refractivity contribution is 0.0654. The molecule has 0 aliphatic carbocycles. The van der Waals surface area contributed by atoms with Crippen LogP contribution in [-0.4, -0.2) is 36.1 Å². The van der Waals surface area contributed by atoms with Gasteiger partial charge in [-0.05, 0) is 22.0 Å². The minimum atomic E-state index is -1.00. The third-order valence-corrected chi connectivity index (χ3v) is 7.50. The largest absolute Gasteiger partial charge is 0.361 e. The van der Waals surface area contributed by atoms with Crippen molar-refractivity contribution in [2.45, 2.75) is 28.9 Å². The molecule has 1 heterocycles. The number of ether oxygens (including phenoxy) is 1. The zero-order chi connectivity index (χ0) is 13.3. The molecule has 0 N–H and O–H groups in total. The number of halogens is 4. The molecule has 1 aliphatic rings. The minimum absolute atomic E-state index is 0.345. The maximum absolute atomic E-state index is 6.18. The van der Waals surface area contributed by atoms with Gasteiger partial charge in [0.25, 0.3) is 0 Å². The Labute approximate surface area is 134 Å².